The summed E-state index contributed by atoms with van der Waals surface area (Å²) in [5.41, 5.74) is 0.853. The molecule has 17 heavy (non-hydrogen) atoms. The fourth-order valence-electron chi connectivity index (χ4n) is 1.53. The monoisotopic (exact) mass is 241 g/mol. The SMILES string of the molecule is CNC(COC(C)C)c1ccc(OC)c(F)c1. The second-order valence-electron chi connectivity index (χ2n) is 4.12. The van der Waals surface area contributed by atoms with Crippen LogP contribution < -0.4 is 10.1 Å². The minimum atomic E-state index is -0.352. The van der Waals surface area contributed by atoms with E-state index in [4.69, 9.17) is 9.47 Å². The Kier molecular flexibility index (Phi) is 5.38. The van der Waals surface area contributed by atoms with Crippen molar-refractivity contribution in [1.29, 1.82) is 0 Å². The molecule has 1 rings (SSSR count). The Balaban J connectivity index is 2.78. The van der Waals surface area contributed by atoms with E-state index in [1.165, 1.54) is 13.2 Å². The van der Waals surface area contributed by atoms with Gasteiger partial charge in [-0.2, -0.15) is 0 Å². The molecule has 0 aromatic heterocycles. The van der Waals surface area contributed by atoms with E-state index in [9.17, 15) is 4.39 Å². The van der Waals surface area contributed by atoms with Gasteiger partial charge >= 0.3 is 0 Å². The highest BCUT2D eigenvalue weighted by Crippen LogP contribution is 2.22. The third kappa shape index (κ3) is 3.98. The van der Waals surface area contributed by atoms with Crippen LogP contribution in [0.1, 0.15) is 25.5 Å². The van der Waals surface area contributed by atoms with Gasteiger partial charge in [0.25, 0.3) is 0 Å². The number of hydrogen-bond donors (Lipinski definition) is 1. The van der Waals surface area contributed by atoms with Crippen LogP contribution in [-0.2, 0) is 4.74 Å². The van der Waals surface area contributed by atoms with Gasteiger partial charge in [0.1, 0.15) is 0 Å². The molecule has 96 valence electrons. The molecule has 0 aliphatic rings. The molecule has 1 atom stereocenters. The van der Waals surface area contributed by atoms with Gasteiger partial charge in [-0.05, 0) is 38.6 Å². The van der Waals surface area contributed by atoms with E-state index in [1.54, 1.807) is 6.07 Å². The summed E-state index contributed by atoms with van der Waals surface area (Å²) >= 11 is 0. The molecule has 0 bridgehead atoms. The first-order chi connectivity index (χ1) is 8.08. The van der Waals surface area contributed by atoms with E-state index < -0.39 is 0 Å². The Morgan fingerprint density at radius 2 is 2.06 bits per heavy atom. The zero-order chi connectivity index (χ0) is 12.8. The lowest BCUT2D eigenvalue weighted by molar-refractivity contribution is 0.0625. The van der Waals surface area contributed by atoms with E-state index in [2.05, 4.69) is 5.32 Å². The summed E-state index contributed by atoms with van der Waals surface area (Å²) in [5.74, 6) is -0.0943. The van der Waals surface area contributed by atoms with Crippen molar-refractivity contribution in [2.75, 3.05) is 20.8 Å². The number of halogens is 1. The molecule has 0 saturated heterocycles. The Hall–Kier alpha value is -1.13. The summed E-state index contributed by atoms with van der Waals surface area (Å²) in [6, 6.07) is 4.93. The van der Waals surface area contributed by atoms with Crippen molar-refractivity contribution in [3.63, 3.8) is 0 Å². The zero-order valence-electron chi connectivity index (χ0n) is 10.8. The number of methoxy groups -OCH3 is 1. The minimum absolute atomic E-state index is 0.0159. The van der Waals surface area contributed by atoms with Gasteiger partial charge in [-0.3, -0.25) is 0 Å². The van der Waals surface area contributed by atoms with Gasteiger partial charge in [0, 0.05) is 0 Å². The molecule has 3 nitrogen and oxygen atoms in total. The molecule has 0 amide bonds. The third-order valence-corrected chi connectivity index (χ3v) is 2.52. The maximum atomic E-state index is 13.6. The van der Waals surface area contributed by atoms with Crippen molar-refractivity contribution in [2.24, 2.45) is 0 Å². The van der Waals surface area contributed by atoms with Crippen LogP contribution in [0.25, 0.3) is 0 Å². The Morgan fingerprint density at radius 3 is 2.53 bits per heavy atom. The highest BCUT2D eigenvalue weighted by molar-refractivity contribution is 5.31. The molecular formula is C13H20FNO2. The third-order valence-electron chi connectivity index (χ3n) is 2.52. The van der Waals surface area contributed by atoms with Gasteiger partial charge < -0.3 is 14.8 Å². The molecule has 0 aliphatic carbocycles. The van der Waals surface area contributed by atoms with E-state index in [0.29, 0.717) is 6.61 Å². The fraction of sp³-hybridized carbons (Fsp3) is 0.538. The Bertz CT molecular complexity index is 355. The molecule has 0 fully saturated rings. The Morgan fingerprint density at radius 1 is 1.35 bits per heavy atom. The molecule has 1 N–H and O–H groups in total. The van der Waals surface area contributed by atoms with Gasteiger partial charge in [-0.25, -0.2) is 4.39 Å². The zero-order valence-corrected chi connectivity index (χ0v) is 10.8. The van der Waals surface area contributed by atoms with Gasteiger partial charge in [-0.15, -0.1) is 0 Å². The number of benzene rings is 1. The minimum Gasteiger partial charge on any atom is -0.494 e. The molecular weight excluding hydrogens is 221 g/mol. The van der Waals surface area contributed by atoms with Crippen molar-refractivity contribution in [3.05, 3.63) is 29.6 Å². The molecule has 0 saturated carbocycles. The predicted molar refractivity (Wildman–Crippen MR) is 65.8 cm³/mol. The number of nitrogens with one attached hydrogen (secondary N) is 1. The fourth-order valence-corrected chi connectivity index (χ4v) is 1.53. The second kappa shape index (κ2) is 6.57. The second-order valence-corrected chi connectivity index (χ2v) is 4.12. The first kappa shape index (κ1) is 13.9. The van der Waals surface area contributed by atoms with Crippen LogP contribution in [0.5, 0.6) is 5.75 Å². The molecule has 4 heteroatoms. The molecule has 0 heterocycles. The van der Waals surface area contributed by atoms with Crippen LogP contribution in [0.2, 0.25) is 0 Å². The lowest BCUT2D eigenvalue weighted by atomic mass is 10.1. The number of likely N-dealkylation sites (N-methyl/N-ethyl adjacent to an activating group) is 1. The number of hydrogen-bond acceptors (Lipinski definition) is 3. The van der Waals surface area contributed by atoms with Crippen molar-refractivity contribution in [2.45, 2.75) is 26.0 Å². The van der Waals surface area contributed by atoms with Crippen molar-refractivity contribution >= 4 is 0 Å². The summed E-state index contributed by atoms with van der Waals surface area (Å²) in [6.45, 7) is 4.46. The summed E-state index contributed by atoms with van der Waals surface area (Å²) < 4.78 is 24.0. The largest absolute Gasteiger partial charge is 0.494 e. The summed E-state index contributed by atoms with van der Waals surface area (Å²) in [7, 11) is 3.28. The van der Waals surface area contributed by atoms with Crippen LogP contribution in [0.4, 0.5) is 4.39 Å². The normalized spacial score (nSPS) is 12.8. The number of ether oxygens (including phenoxy) is 2. The average molecular weight is 241 g/mol. The predicted octanol–water partition coefficient (Wildman–Crippen LogP) is 2.52. The van der Waals surface area contributed by atoms with E-state index in [-0.39, 0.29) is 23.7 Å². The first-order valence-electron chi connectivity index (χ1n) is 5.70. The summed E-state index contributed by atoms with van der Waals surface area (Å²) in [6.07, 6.45) is 0.161. The lowest BCUT2D eigenvalue weighted by Gasteiger charge is -2.19. The summed E-state index contributed by atoms with van der Waals surface area (Å²) in [5, 5.41) is 3.11. The molecule has 1 unspecified atom stereocenters. The Labute approximate surface area is 102 Å². The van der Waals surface area contributed by atoms with Gasteiger partial charge in [0.2, 0.25) is 0 Å². The maximum absolute atomic E-state index is 13.6. The molecule has 1 aromatic carbocycles. The van der Waals surface area contributed by atoms with Gasteiger partial charge in [-0.1, -0.05) is 6.07 Å². The smallest absolute Gasteiger partial charge is 0.165 e. The quantitative estimate of drug-likeness (QED) is 0.830. The van der Waals surface area contributed by atoms with Gasteiger partial charge in [0.15, 0.2) is 11.6 Å². The molecule has 1 aromatic rings. The topological polar surface area (TPSA) is 30.5 Å². The van der Waals surface area contributed by atoms with Crippen molar-refractivity contribution in [1.82, 2.24) is 5.32 Å². The highest BCUT2D eigenvalue weighted by atomic mass is 19.1. The molecule has 0 aliphatic heterocycles. The standard InChI is InChI=1S/C13H20FNO2/c1-9(2)17-8-12(15-3)10-5-6-13(16-4)11(14)7-10/h5-7,9,12,15H,8H2,1-4H3. The van der Waals surface area contributed by atoms with Gasteiger partial charge in [0.05, 0.1) is 25.9 Å². The first-order valence-corrected chi connectivity index (χ1v) is 5.70. The van der Waals surface area contributed by atoms with Crippen LogP contribution in [0, 0.1) is 5.82 Å². The molecule has 0 radical (unpaired) electrons. The maximum Gasteiger partial charge on any atom is 0.165 e. The molecule has 0 spiro atoms. The van der Waals surface area contributed by atoms with E-state index >= 15 is 0 Å². The lowest BCUT2D eigenvalue weighted by Crippen LogP contribution is -2.23. The highest BCUT2D eigenvalue weighted by Gasteiger charge is 2.13. The number of rotatable bonds is 6. The van der Waals surface area contributed by atoms with E-state index in [0.717, 1.165) is 5.56 Å². The van der Waals surface area contributed by atoms with Crippen LogP contribution in [-0.4, -0.2) is 26.9 Å². The average Bonchev–Trinajstić information content (AvgIpc) is 2.29. The van der Waals surface area contributed by atoms with Crippen molar-refractivity contribution in [3.8, 4) is 5.75 Å². The van der Waals surface area contributed by atoms with Crippen LogP contribution >= 0.6 is 0 Å². The van der Waals surface area contributed by atoms with Crippen molar-refractivity contribution < 1.29 is 13.9 Å². The van der Waals surface area contributed by atoms with Crippen LogP contribution in [0.3, 0.4) is 0 Å². The van der Waals surface area contributed by atoms with E-state index in [1.807, 2.05) is 27.0 Å². The summed E-state index contributed by atoms with van der Waals surface area (Å²) in [4.78, 5) is 0. The van der Waals surface area contributed by atoms with Crippen LogP contribution in [0.15, 0.2) is 18.2 Å².